The van der Waals surface area contributed by atoms with Crippen molar-refractivity contribution in [3.05, 3.63) is 42.2 Å². The van der Waals surface area contributed by atoms with Crippen LogP contribution in [-0.4, -0.2) is 33.1 Å². The molecule has 1 aromatic carbocycles. The van der Waals surface area contributed by atoms with Crippen molar-refractivity contribution >= 4 is 17.6 Å². The Morgan fingerprint density at radius 2 is 2.00 bits per heavy atom. The number of hydrogen-bond acceptors (Lipinski definition) is 8. The summed E-state index contributed by atoms with van der Waals surface area (Å²) in [6, 6.07) is 10.9. The number of methoxy groups -OCH3 is 1. The Labute approximate surface area is 148 Å². The number of para-hydroxylation sites is 2. The number of nitriles is 1. The van der Waals surface area contributed by atoms with Gasteiger partial charge in [0.1, 0.15) is 28.8 Å². The monoisotopic (exact) mass is 354 g/mol. The maximum atomic E-state index is 9.23. The quantitative estimate of drug-likeness (QED) is 0.696. The lowest BCUT2D eigenvalue weighted by Gasteiger charge is -2.10. The van der Waals surface area contributed by atoms with Crippen LogP contribution in [0.4, 0.5) is 5.82 Å². The van der Waals surface area contributed by atoms with Gasteiger partial charge in [-0.2, -0.15) is 15.0 Å². The van der Waals surface area contributed by atoms with Gasteiger partial charge in [0.2, 0.25) is 5.88 Å². The van der Waals surface area contributed by atoms with Gasteiger partial charge >= 0.3 is 0 Å². The number of nitrogens with two attached hydrogens (primary N) is 1. The summed E-state index contributed by atoms with van der Waals surface area (Å²) in [6.07, 6.45) is 3.16. The van der Waals surface area contributed by atoms with Gasteiger partial charge in [-0.1, -0.05) is 12.1 Å². The second-order valence-electron chi connectivity index (χ2n) is 4.76. The molecule has 0 atom stereocenters. The average molecular weight is 354 g/mol. The van der Waals surface area contributed by atoms with Crippen LogP contribution in [0.3, 0.4) is 0 Å². The highest BCUT2D eigenvalue weighted by Crippen LogP contribution is 2.31. The minimum atomic E-state index is 0.216. The lowest BCUT2D eigenvalue weighted by atomic mass is 10.3. The zero-order valence-corrected chi connectivity index (χ0v) is 14.3. The zero-order valence-electron chi connectivity index (χ0n) is 13.5. The molecule has 0 fully saturated rings. The number of aromatic nitrogens is 4. The van der Waals surface area contributed by atoms with E-state index in [1.807, 2.05) is 18.4 Å². The fraction of sp³-hybridized carbons (Fsp3) is 0.125. The molecular formula is C16H14N6O2S. The molecule has 2 aromatic heterocycles. The molecule has 2 heterocycles. The summed E-state index contributed by atoms with van der Waals surface area (Å²) in [5.74, 6) is 2.01. The van der Waals surface area contributed by atoms with Crippen molar-refractivity contribution in [2.45, 2.75) is 5.03 Å². The van der Waals surface area contributed by atoms with E-state index in [2.05, 4.69) is 21.1 Å². The van der Waals surface area contributed by atoms with Crippen molar-refractivity contribution in [1.29, 1.82) is 5.26 Å². The molecular weight excluding hydrogens is 340 g/mol. The van der Waals surface area contributed by atoms with Crippen molar-refractivity contribution in [3.63, 3.8) is 0 Å². The largest absolute Gasteiger partial charge is 0.493 e. The number of benzene rings is 1. The highest BCUT2D eigenvalue weighted by atomic mass is 32.2. The van der Waals surface area contributed by atoms with Crippen LogP contribution in [0.25, 0.3) is 5.82 Å². The standard InChI is InChI=1S/C16H14N6O2S/c1-23-11-5-3-4-6-12(11)24-14-7-13(19-9-20-14)22-15(18)10(8-17)16(21-22)25-2/h3-7,9H,18H2,1-2H3. The number of nitrogen functional groups attached to an aromatic ring is 1. The van der Waals surface area contributed by atoms with Crippen LogP contribution in [0.5, 0.6) is 17.4 Å². The first-order valence-electron chi connectivity index (χ1n) is 7.13. The summed E-state index contributed by atoms with van der Waals surface area (Å²) in [4.78, 5) is 8.25. The number of anilines is 1. The van der Waals surface area contributed by atoms with Gasteiger partial charge < -0.3 is 15.2 Å². The molecule has 9 heteroatoms. The molecule has 3 aromatic rings. The summed E-state index contributed by atoms with van der Waals surface area (Å²) >= 11 is 1.34. The molecule has 0 bridgehead atoms. The maximum absolute atomic E-state index is 9.23. The van der Waals surface area contributed by atoms with Crippen LogP contribution in [-0.2, 0) is 0 Å². The van der Waals surface area contributed by atoms with E-state index in [-0.39, 0.29) is 5.82 Å². The Balaban J connectivity index is 1.98. The molecule has 0 saturated carbocycles. The van der Waals surface area contributed by atoms with Crippen LogP contribution in [0, 0.1) is 11.3 Å². The predicted molar refractivity (Wildman–Crippen MR) is 93.1 cm³/mol. The highest BCUT2D eigenvalue weighted by Gasteiger charge is 2.17. The summed E-state index contributed by atoms with van der Waals surface area (Å²) in [5, 5.41) is 14.1. The van der Waals surface area contributed by atoms with Crippen LogP contribution in [0.15, 0.2) is 41.7 Å². The second kappa shape index (κ2) is 7.11. The van der Waals surface area contributed by atoms with E-state index < -0.39 is 0 Å². The summed E-state index contributed by atoms with van der Waals surface area (Å²) in [5.41, 5.74) is 6.33. The molecule has 25 heavy (non-hydrogen) atoms. The van der Waals surface area contributed by atoms with Crippen molar-refractivity contribution < 1.29 is 9.47 Å². The number of nitrogens with zero attached hydrogens (tertiary/aromatic N) is 5. The number of ether oxygens (including phenoxy) is 2. The molecule has 126 valence electrons. The lowest BCUT2D eigenvalue weighted by Crippen LogP contribution is -2.05. The van der Waals surface area contributed by atoms with E-state index in [9.17, 15) is 5.26 Å². The van der Waals surface area contributed by atoms with E-state index >= 15 is 0 Å². The van der Waals surface area contributed by atoms with Gasteiger partial charge in [0, 0.05) is 6.07 Å². The fourth-order valence-electron chi connectivity index (χ4n) is 2.15. The summed E-state index contributed by atoms with van der Waals surface area (Å²) < 4.78 is 12.4. The van der Waals surface area contributed by atoms with E-state index in [0.29, 0.717) is 33.8 Å². The molecule has 3 rings (SSSR count). The minimum absolute atomic E-state index is 0.216. The third-order valence-corrected chi connectivity index (χ3v) is 3.99. The molecule has 0 aliphatic rings. The van der Waals surface area contributed by atoms with Crippen molar-refractivity contribution in [3.8, 4) is 29.3 Å². The Hall–Kier alpha value is -3.25. The topological polar surface area (TPSA) is 112 Å². The smallest absolute Gasteiger partial charge is 0.224 e. The van der Waals surface area contributed by atoms with Crippen LogP contribution in [0.2, 0.25) is 0 Å². The van der Waals surface area contributed by atoms with E-state index in [0.717, 1.165) is 0 Å². The van der Waals surface area contributed by atoms with Gasteiger partial charge in [-0.05, 0) is 18.4 Å². The Kier molecular flexibility index (Phi) is 4.72. The molecule has 2 N–H and O–H groups in total. The maximum Gasteiger partial charge on any atom is 0.224 e. The lowest BCUT2D eigenvalue weighted by molar-refractivity contribution is 0.373. The third kappa shape index (κ3) is 3.20. The molecule has 0 spiro atoms. The van der Waals surface area contributed by atoms with Gasteiger partial charge in [0.25, 0.3) is 0 Å². The van der Waals surface area contributed by atoms with Crippen LogP contribution < -0.4 is 15.2 Å². The normalized spacial score (nSPS) is 10.3. The molecule has 0 amide bonds. The first kappa shape index (κ1) is 16.6. The number of rotatable bonds is 5. The first-order valence-corrected chi connectivity index (χ1v) is 8.36. The SMILES string of the molecule is COc1ccccc1Oc1cc(-n2nc(SC)c(C#N)c2N)ncn1. The second-order valence-corrected chi connectivity index (χ2v) is 5.56. The zero-order chi connectivity index (χ0) is 17.8. The third-order valence-electron chi connectivity index (χ3n) is 3.32. The van der Waals surface area contributed by atoms with Gasteiger partial charge in [-0.3, -0.25) is 0 Å². The van der Waals surface area contributed by atoms with E-state index in [4.69, 9.17) is 15.2 Å². The number of hydrogen-bond donors (Lipinski definition) is 1. The molecule has 0 unspecified atom stereocenters. The molecule has 0 saturated heterocycles. The molecule has 0 radical (unpaired) electrons. The number of thioether (sulfide) groups is 1. The average Bonchev–Trinajstić information content (AvgIpc) is 2.98. The summed E-state index contributed by atoms with van der Waals surface area (Å²) in [6.45, 7) is 0. The summed E-state index contributed by atoms with van der Waals surface area (Å²) in [7, 11) is 1.56. The predicted octanol–water partition coefficient (Wildman–Crippen LogP) is 2.64. The van der Waals surface area contributed by atoms with Crippen molar-refractivity contribution in [2.24, 2.45) is 0 Å². The first-order chi connectivity index (χ1) is 12.2. The Bertz CT molecular complexity index is 950. The Morgan fingerprint density at radius 3 is 2.64 bits per heavy atom. The van der Waals surface area contributed by atoms with E-state index in [1.165, 1.54) is 22.8 Å². The molecule has 8 nitrogen and oxygen atoms in total. The molecule has 0 aliphatic carbocycles. The minimum Gasteiger partial charge on any atom is -0.493 e. The highest BCUT2D eigenvalue weighted by molar-refractivity contribution is 7.98. The van der Waals surface area contributed by atoms with E-state index in [1.54, 1.807) is 25.3 Å². The molecule has 0 aliphatic heterocycles. The van der Waals surface area contributed by atoms with Crippen LogP contribution >= 0.6 is 11.8 Å². The van der Waals surface area contributed by atoms with Crippen molar-refractivity contribution in [1.82, 2.24) is 19.7 Å². The van der Waals surface area contributed by atoms with Gasteiger partial charge in [0.15, 0.2) is 17.3 Å². The Morgan fingerprint density at radius 1 is 1.24 bits per heavy atom. The van der Waals surface area contributed by atoms with Gasteiger partial charge in [0.05, 0.1) is 7.11 Å². The van der Waals surface area contributed by atoms with Gasteiger partial charge in [-0.25, -0.2) is 9.97 Å². The van der Waals surface area contributed by atoms with Gasteiger partial charge in [-0.15, -0.1) is 11.8 Å². The van der Waals surface area contributed by atoms with Crippen LogP contribution in [0.1, 0.15) is 5.56 Å². The fourth-order valence-corrected chi connectivity index (χ4v) is 2.67. The van der Waals surface area contributed by atoms with Crippen molar-refractivity contribution in [2.75, 3.05) is 19.1 Å².